The van der Waals surface area contributed by atoms with Crippen molar-refractivity contribution in [1.82, 2.24) is 20.0 Å². The van der Waals surface area contributed by atoms with E-state index in [2.05, 4.69) is 24.0 Å². The average Bonchev–Trinajstić information content (AvgIpc) is 3.23. The van der Waals surface area contributed by atoms with Crippen LogP contribution in [0.15, 0.2) is 6.07 Å². The summed E-state index contributed by atoms with van der Waals surface area (Å²) in [5.74, 6) is 1.19. The predicted molar refractivity (Wildman–Crippen MR) is 147 cm³/mol. The maximum Gasteiger partial charge on any atom is 0.410 e. The standard InChI is InChI=1S/C14H24N4O2.C14H22N2O3/c1-9-5-6-18(13(19)20-14(2,3)4)11(7-9)10-8-12(15)17-16-10;1-10-6-8-16(13(18)19-14(2,3)4)11(9-10)12(17)5-7-15/h8-9,11H,5-7H2,1-4H3,(H3,15,16,17);10-11H,5-6,8-9H2,1-4H3. The summed E-state index contributed by atoms with van der Waals surface area (Å²) >= 11 is 0. The number of hydrogen-bond donors (Lipinski definition) is 2. The van der Waals surface area contributed by atoms with Crippen molar-refractivity contribution < 1.29 is 23.9 Å². The van der Waals surface area contributed by atoms with E-state index < -0.39 is 23.3 Å². The number of nitrogens with zero attached hydrogens (tertiary/aromatic N) is 4. The molecule has 2 saturated heterocycles. The summed E-state index contributed by atoms with van der Waals surface area (Å²) in [5, 5.41) is 15.5. The third kappa shape index (κ3) is 10.1. The molecule has 3 N–H and O–H groups in total. The van der Waals surface area contributed by atoms with Crippen molar-refractivity contribution in [3.63, 3.8) is 0 Å². The number of carbonyl (C=O) groups is 3. The van der Waals surface area contributed by atoms with Gasteiger partial charge in [0.25, 0.3) is 0 Å². The van der Waals surface area contributed by atoms with E-state index in [1.807, 2.05) is 26.8 Å². The molecule has 2 amide bonds. The molecule has 1 aromatic rings. The Morgan fingerprint density at radius 3 is 2.00 bits per heavy atom. The van der Waals surface area contributed by atoms with E-state index in [9.17, 15) is 14.4 Å². The molecule has 1 aromatic heterocycles. The number of ether oxygens (including phenoxy) is 2. The number of nitrogen functional groups attached to an aromatic ring is 1. The number of hydrogen-bond acceptors (Lipinski definition) is 8. The summed E-state index contributed by atoms with van der Waals surface area (Å²) in [4.78, 5) is 39.7. The molecule has 0 aliphatic carbocycles. The van der Waals surface area contributed by atoms with Crippen molar-refractivity contribution >= 4 is 23.8 Å². The maximum absolute atomic E-state index is 12.3. The van der Waals surface area contributed by atoms with E-state index in [1.165, 1.54) is 4.90 Å². The quantitative estimate of drug-likeness (QED) is 0.524. The van der Waals surface area contributed by atoms with Gasteiger partial charge in [-0.25, -0.2) is 9.59 Å². The number of ketones is 1. The van der Waals surface area contributed by atoms with Crippen LogP contribution < -0.4 is 5.73 Å². The lowest BCUT2D eigenvalue weighted by molar-refractivity contribution is -0.125. The highest BCUT2D eigenvalue weighted by Crippen LogP contribution is 2.34. The van der Waals surface area contributed by atoms with Crippen LogP contribution in [0.2, 0.25) is 0 Å². The van der Waals surface area contributed by atoms with E-state index in [4.69, 9.17) is 20.5 Å². The fourth-order valence-electron chi connectivity index (χ4n) is 4.68. The Balaban J connectivity index is 0.000000274. The van der Waals surface area contributed by atoms with E-state index in [1.54, 1.807) is 31.7 Å². The van der Waals surface area contributed by atoms with Crippen LogP contribution in [0.4, 0.5) is 15.4 Å². The van der Waals surface area contributed by atoms with Crippen LogP contribution in [0.25, 0.3) is 0 Å². The van der Waals surface area contributed by atoms with Crippen molar-refractivity contribution in [3.8, 4) is 6.07 Å². The molecule has 2 aliphatic heterocycles. The van der Waals surface area contributed by atoms with Gasteiger partial charge in [0.15, 0.2) is 5.78 Å². The molecule has 2 fully saturated rings. The number of amides is 2. The second-order valence-corrected chi connectivity index (χ2v) is 12.7. The largest absolute Gasteiger partial charge is 0.444 e. The van der Waals surface area contributed by atoms with Gasteiger partial charge in [-0.1, -0.05) is 13.8 Å². The average molecular weight is 547 g/mol. The molecule has 39 heavy (non-hydrogen) atoms. The number of anilines is 1. The van der Waals surface area contributed by atoms with E-state index in [0.717, 1.165) is 25.0 Å². The molecule has 11 heteroatoms. The number of aromatic amines is 1. The Morgan fingerprint density at radius 2 is 1.51 bits per heavy atom. The van der Waals surface area contributed by atoms with Crippen LogP contribution in [0.5, 0.6) is 0 Å². The molecule has 218 valence electrons. The van der Waals surface area contributed by atoms with Crippen LogP contribution in [0, 0.1) is 23.2 Å². The van der Waals surface area contributed by atoms with Crippen LogP contribution in [0.3, 0.4) is 0 Å². The zero-order valence-corrected chi connectivity index (χ0v) is 24.7. The molecule has 11 nitrogen and oxygen atoms in total. The van der Waals surface area contributed by atoms with Crippen LogP contribution in [-0.2, 0) is 14.3 Å². The molecule has 2 aliphatic rings. The van der Waals surface area contributed by atoms with Crippen LogP contribution in [0.1, 0.15) is 99.2 Å². The fraction of sp³-hybridized carbons (Fsp3) is 0.750. The number of aromatic nitrogens is 2. The SMILES string of the molecule is CC1CCN(C(=O)OC(C)(C)C)C(C(=O)CC#N)C1.CC1CCN(C(=O)OC(C)(C)C)C(c2cc(N)n[nH]2)C1. The number of piperidine rings is 2. The molecule has 0 radical (unpaired) electrons. The number of nitrogens with two attached hydrogens (primary N) is 1. The lowest BCUT2D eigenvalue weighted by atomic mass is 9.89. The van der Waals surface area contributed by atoms with Crippen molar-refractivity contribution in [2.24, 2.45) is 11.8 Å². The first kappa shape index (κ1) is 31.9. The van der Waals surface area contributed by atoms with Gasteiger partial charge in [0.05, 0.1) is 30.3 Å². The van der Waals surface area contributed by atoms with Gasteiger partial charge in [-0.3, -0.25) is 19.7 Å². The van der Waals surface area contributed by atoms with Crippen molar-refractivity contribution in [1.29, 1.82) is 5.26 Å². The summed E-state index contributed by atoms with van der Waals surface area (Å²) in [7, 11) is 0. The number of nitrogens with one attached hydrogen (secondary N) is 1. The van der Waals surface area contributed by atoms with Gasteiger partial charge in [0.2, 0.25) is 0 Å². The van der Waals surface area contributed by atoms with E-state index in [0.29, 0.717) is 37.2 Å². The number of rotatable bonds is 3. The minimum atomic E-state index is -0.580. The molecule has 0 aromatic carbocycles. The second kappa shape index (κ2) is 13.2. The number of H-pyrrole nitrogens is 1. The molecule has 4 atom stereocenters. The first-order chi connectivity index (χ1) is 18.0. The van der Waals surface area contributed by atoms with Crippen molar-refractivity contribution in [2.45, 2.75) is 111 Å². The maximum atomic E-state index is 12.3. The Morgan fingerprint density at radius 1 is 1.00 bits per heavy atom. The van der Waals surface area contributed by atoms with Gasteiger partial charge >= 0.3 is 12.2 Å². The zero-order chi connectivity index (χ0) is 29.5. The summed E-state index contributed by atoms with van der Waals surface area (Å²) in [6.45, 7) is 16.5. The molecule has 3 heterocycles. The van der Waals surface area contributed by atoms with Crippen LogP contribution >= 0.6 is 0 Å². The predicted octanol–water partition coefficient (Wildman–Crippen LogP) is 5.20. The second-order valence-electron chi connectivity index (χ2n) is 12.7. The van der Waals surface area contributed by atoms with Crippen molar-refractivity contribution in [2.75, 3.05) is 18.8 Å². The van der Waals surface area contributed by atoms with Gasteiger partial charge < -0.3 is 15.2 Å². The summed E-state index contributed by atoms with van der Waals surface area (Å²) in [6.07, 6.45) is 2.45. The van der Waals surface area contributed by atoms with E-state index in [-0.39, 0.29) is 24.3 Å². The summed E-state index contributed by atoms with van der Waals surface area (Å²) in [5.41, 5.74) is 5.47. The third-order valence-electron chi connectivity index (χ3n) is 6.59. The smallest absolute Gasteiger partial charge is 0.410 e. The first-order valence-corrected chi connectivity index (χ1v) is 13.7. The van der Waals surface area contributed by atoms with Crippen LogP contribution in [-0.4, -0.2) is 68.3 Å². The van der Waals surface area contributed by atoms with Gasteiger partial charge in [-0.05, 0) is 79.1 Å². The molecular weight excluding hydrogens is 500 g/mol. The first-order valence-electron chi connectivity index (χ1n) is 13.7. The number of nitriles is 1. The molecular formula is C28H46N6O5. The van der Waals surface area contributed by atoms with Gasteiger partial charge in [0.1, 0.15) is 17.0 Å². The molecule has 0 bridgehead atoms. The lowest BCUT2D eigenvalue weighted by Gasteiger charge is -2.38. The molecule has 3 rings (SSSR count). The minimum absolute atomic E-state index is 0.0431. The lowest BCUT2D eigenvalue weighted by Crippen LogP contribution is -2.51. The number of likely N-dealkylation sites (tertiary alicyclic amines) is 2. The Kier molecular flexibility index (Phi) is 10.8. The van der Waals surface area contributed by atoms with Gasteiger partial charge in [0, 0.05) is 19.2 Å². The molecule has 0 spiro atoms. The third-order valence-corrected chi connectivity index (χ3v) is 6.59. The van der Waals surface area contributed by atoms with Gasteiger partial charge in [-0.15, -0.1) is 0 Å². The Bertz CT molecular complexity index is 1030. The van der Waals surface area contributed by atoms with E-state index >= 15 is 0 Å². The highest BCUT2D eigenvalue weighted by atomic mass is 16.6. The number of carbonyl (C=O) groups excluding carboxylic acids is 3. The topological polar surface area (TPSA) is 155 Å². The van der Waals surface area contributed by atoms with Crippen molar-refractivity contribution in [3.05, 3.63) is 11.8 Å². The Hall–Kier alpha value is -3.29. The minimum Gasteiger partial charge on any atom is -0.444 e. The highest BCUT2D eigenvalue weighted by molar-refractivity contribution is 5.89. The fourth-order valence-corrected chi connectivity index (χ4v) is 4.68. The van der Waals surface area contributed by atoms with Gasteiger partial charge in [-0.2, -0.15) is 10.4 Å². The molecule has 4 unspecified atom stereocenters. The summed E-state index contributed by atoms with van der Waals surface area (Å²) < 4.78 is 10.8. The molecule has 0 saturated carbocycles. The number of Topliss-reactive ketones (excluding diaryl/α,β-unsaturated/α-hetero) is 1. The normalized spacial score (nSPS) is 23.7. The highest BCUT2D eigenvalue weighted by Gasteiger charge is 2.37. The summed E-state index contributed by atoms with van der Waals surface area (Å²) in [6, 6.07) is 3.09. The Labute approximate surface area is 232 Å². The zero-order valence-electron chi connectivity index (χ0n) is 24.7. The monoisotopic (exact) mass is 546 g/mol.